The number of urea groups is 1. The van der Waals surface area contributed by atoms with Crippen LogP contribution in [0.2, 0.25) is 5.02 Å². The van der Waals surface area contributed by atoms with Crippen molar-refractivity contribution in [2.24, 2.45) is 0 Å². The maximum atomic E-state index is 13.8. The van der Waals surface area contributed by atoms with E-state index in [9.17, 15) is 9.59 Å². The monoisotopic (exact) mass is 555 g/mol. The van der Waals surface area contributed by atoms with E-state index >= 15 is 0 Å². The molecule has 9 nitrogen and oxygen atoms in total. The van der Waals surface area contributed by atoms with E-state index in [0.29, 0.717) is 41.9 Å². The van der Waals surface area contributed by atoms with E-state index in [1.807, 2.05) is 29.2 Å². The molecule has 3 aromatic rings. The van der Waals surface area contributed by atoms with Crippen LogP contribution in [0.3, 0.4) is 0 Å². The van der Waals surface area contributed by atoms with Gasteiger partial charge in [-0.05, 0) is 43.5 Å². The third-order valence-electron chi connectivity index (χ3n) is 7.19. The summed E-state index contributed by atoms with van der Waals surface area (Å²) in [4.78, 5) is 35.9. The fourth-order valence-electron chi connectivity index (χ4n) is 4.81. The summed E-state index contributed by atoms with van der Waals surface area (Å²) in [7, 11) is 5.05. The van der Waals surface area contributed by atoms with Crippen LogP contribution >= 0.6 is 11.6 Å². The Balaban J connectivity index is 1.58. The fourth-order valence-corrected chi connectivity index (χ4v) is 5.13. The number of halogens is 1. The van der Waals surface area contributed by atoms with Gasteiger partial charge >= 0.3 is 6.03 Å². The Morgan fingerprint density at radius 2 is 2.00 bits per heavy atom. The summed E-state index contributed by atoms with van der Waals surface area (Å²) < 4.78 is 13.3. The lowest BCUT2D eigenvalue weighted by Gasteiger charge is -2.40. The first-order valence-corrected chi connectivity index (χ1v) is 13.8. The van der Waals surface area contributed by atoms with E-state index < -0.39 is 0 Å². The van der Waals surface area contributed by atoms with Crippen molar-refractivity contribution < 1.29 is 19.1 Å². The van der Waals surface area contributed by atoms with E-state index in [4.69, 9.17) is 21.1 Å². The molecule has 2 aromatic heterocycles. The van der Waals surface area contributed by atoms with E-state index in [1.165, 1.54) is 4.90 Å². The zero-order chi connectivity index (χ0) is 28.1. The Labute approximate surface area is 235 Å². The molecular weight excluding hydrogens is 518 g/mol. The molecule has 1 unspecified atom stereocenters. The number of likely N-dealkylation sites (N-methyl/N-ethyl adjacent to an activating group) is 1. The molecule has 1 atom stereocenters. The first-order chi connectivity index (χ1) is 18.7. The van der Waals surface area contributed by atoms with Crippen molar-refractivity contribution in [2.45, 2.75) is 58.7 Å². The molecule has 0 N–H and O–H groups in total. The minimum atomic E-state index is -0.0841. The van der Waals surface area contributed by atoms with E-state index in [1.54, 1.807) is 43.1 Å². The smallest absolute Gasteiger partial charge is 0.325 e. The summed E-state index contributed by atoms with van der Waals surface area (Å²) in [6.07, 6.45) is 7.42. The normalized spacial score (nSPS) is 15.6. The Morgan fingerprint density at radius 3 is 2.72 bits per heavy atom. The van der Waals surface area contributed by atoms with E-state index in [2.05, 4.69) is 18.8 Å². The van der Waals surface area contributed by atoms with E-state index in [0.717, 1.165) is 42.3 Å². The van der Waals surface area contributed by atoms with Gasteiger partial charge in [0.2, 0.25) is 5.91 Å². The zero-order valence-electron chi connectivity index (χ0n) is 23.4. The molecule has 1 aliphatic heterocycles. The van der Waals surface area contributed by atoms with Gasteiger partial charge in [-0.15, -0.1) is 0 Å². The Morgan fingerprint density at radius 1 is 1.21 bits per heavy atom. The average molecular weight is 556 g/mol. The number of carbonyl (C=O) groups is 2. The van der Waals surface area contributed by atoms with Crippen molar-refractivity contribution in [3.63, 3.8) is 0 Å². The van der Waals surface area contributed by atoms with Crippen LogP contribution in [-0.2, 0) is 17.9 Å². The van der Waals surface area contributed by atoms with Crippen molar-refractivity contribution >= 4 is 40.3 Å². The number of nitrogens with zero attached hydrogens (tertiary/aromatic N) is 5. The van der Waals surface area contributed by atoms with Crippen LogP contribution in [-0.4, -0.2) is 71.7 Å². The predicted octanol–water partition coefficient (Wildman–Crippen LogP) is 5.58. The third-order valence-corrected chi connectivity index (χ3v) is 7.47. The molecule has 1 fully saturated rings. The number of hydrogen-bond donors (Lipinski definition) is 0. The van der Waals surface area contributed by atoms with Gasteiger partial charge in [0.15, 0.2) is 11.5 Å². The Bertz CT molecular complexity index is 1320. The highest BCUT2D eigenvalue weighted by molar-refractivity contribution is 6.35. The van der Waals surface area contributed by atoms with Gasteiger partial charge < -0.3 is 23.8 Å². The standard InChI is InChI=1S/C29H38ClN5O4/c1-6-7-8-15-39-25-16-22(9-10-24(25)38-5)34-14-12-20(2)35(29(34)37)17-21-11-13-31-28-27(21)23(30)18-33(28)19-26(36)32(3)4/h9-11,13,16,18,20H,6-8,12,14-15,17,19H2,1-5H3. The quantitative estimate of drug-likeness (QED) is 0.289. The maximum Gasteiger partial charge on any atom is 0.325 e. The van der Waals surface area contributed by atoms with Gasteiger partial charge in [0.05, 0.1) is 18.7 Å². The first kappa shape index (κ1) is 28.5. The largest absolute Gasteiger partial charge is 0.493 e. The molecule has 4 rings (SSSR count). The molecule has 39 heavy (non-hydrogen) atoms. The first-order valence-electron chi connectivity index (χ1n) is 13.5. The second-order valence-corrected chi connectivity index (χ2v) is 10.6. The SMILES string of the molecule is CCCCCOc1cc(N2CCC(C)N(Cc3ccnc4c3c(Cl)cn4CC(=O)N(C)C)C2=O)ccc1OC. The number of aromatic nitrogens is 2. The fraction of sp³-hybridized carbons (Fsp3) is 0.483. The van der Waals surface area contributed by atoms with Gasteiger partial charge in [0, 0.05) is 62.8 Å². The van der Waals surface area contributed by atoms with Gasteiger partial charge in [-0.3, -0.25) is 9.69 Å². The number of anilines is 1. The van der Waals surface area contributed by atoms with Crippen molar-refractivity contribution in [2.75, 3.05) is 39.3 Å². The van der Waals surface area contributed by atoms with Crippen molar-refractivity contribution in [1.29, 1.82) is 0 Å². The number of benzene rings is 1. The number of amides is 3. The summed E-state index contributed by atoms with van der Waals surface area (Å²) >= 11 is 6.64. The highest BCUT2D eigenvalue weighted by atomic mass is 35.5. The lowest BCUT2D eigenvalue weighted by molar-refractivity contribution is -0.129. The van der Waals surface area contributed by atoms with Crippen LogP contribution in [0.1, 0.15) is 45.1 Å². The lowest BCUT2D eigenvalue weighted by Crippen LogP contribution is -2.53. The zero-order valence-corrected chi connectivity index (χ0v) is 24.2. The van der Waals surface area contributed by atoms with Crippen molar-refractivity contribution in [3.05, 3.63) is 47.2 Å². The van der Waals surface area contributed by atoms with Crippen molar-refractivity contribution in [3.8, 4) is 11.5 Å². The molecule has 210 valence electrons. The topological polar surface area (TPSA) is 80.1 Å². The number of ether oxygens (including phenoxy) is 2. The second-order valence-electron chi connectivity index (χ2n) is 10.2. The molecule has 1 saturated heterocycles. The number of pyridine rings is 1. The van der Waals surface area contributed by atoms with Gasteiger partial charge in [0.1, 0.15) is 12.2 Å². The number of fused-ring (bicyclic) bond motifs is 1. The minimum absolute atomic E-state index is 0.0381. The van der Waals surface area contributed by atoms with E-state index in [-0.39, 0.29) is 24.5 Å². The summed E-state index contributed by atoms with van der Waals surface area (Å²) in [5.41, 5.74) is 2.29. The summed E-state index contributed by atoms with van der Waals surface area (Å²) in [6, 6.07) is 7.48. The van der Waals surface area contributed by atoms with Crippen molar-refractivity contribution in [1.82, 2.24) is 19.4 Å². The van der Waals surface area contributed by atoms with Gasteiger partial charge in [-0.1, -0.05) is 31.4 Å². The highest BCUT2D eigenvalue weighted by Gasteiger charge is 2.33. The van der Waals surface area contributed by atoms with Crippen LogP contribution in [0.15, 0.2) is 36.7 Å². The number of methoxy groups -OCH3 is 1. The Hall–Kier alpha value is -3.46. The number of hydrogen-bond acceptors (Lipinski definition) is 5. The highest BCUT2D eigenvalue weighted by Crippen LogP contribution is 2.35. The number of carbonyl (C=O) groups excluding carboxylic acids is 2. The molecule has 0 radical (unpaired) electrons. The van der Waals surface area contributed by atoms with Crippen LogP contribution < -0.4 is 14.4 Å². The Kier molecular flexibility index (Phi) is 9.22. The van der Waals surface area contributed by atoms with Gasteiger partial charge in [-0.2, -0.15) is 0 Å². The van der Waals surface area contributed by atoms with Crippen LogP contribution in [0.25, 0.3) is 11.0 Å². The molecule has 1 aliphatic rings. The molecule has 3 amide bonds. The molecule has 0 spiro atoms. The molecule has 3 heterocycles. The summed E-state index contributed by atoms with van der Waals surface area (Å²) in [6.45, 7) is 5.93. The van der Waals surface area contributed by atoms with Crippen LogP contribution in [0, 0.1) is 0 Å². The third kappa shape index (κ3) is 6.24. The second kappa shape index (κ2) is 12.6. The number of unbranched alkanes of at least 4 members (excludes halogenated alkanes) is 2. The summed E-state index contributed by atoms with van der Waals surface area (Å²) in [5.74, 6) is 1.23. The van der Waals surface area contributed by atoms with Crippen LogP contribution in [0.5, 0.6) is 11.5 Å². The molecule has 0 saturated carbocycles. The predicted molar refractivity (Wildman–Crippen MR) is 154 cm³/mol. The number of rotatable bonds is 11. The molecular formula is C29H38ClN5O4. The summed E-state index contributed by atoms with van der Waals surface area (Å²) in [5, 5.41) is 1.27. The lowest BCUT2D eigenvalue weighted by atomic mass is 10.1. The van der Waals surface area contributed by atoms with Crippen LogP contribution in [0.4, 0.5) is 10.5 Å². The van der Waals surface area contributed by atoms with Gasteiger partial charge in [0.25, 0.3) is 0 Å². The molecule has 1 aromatic carbocycles. The molecule has 0 aliphatic carbocycles. The minimum Gasteiger partial charge on any atom is -0.493 e. The molecule has 10 heteroatoms. The average Bonchev–Trinajstić information content (AvgIpc) is 3.24. The van der Waals surface area contributed by atoms with Gasteiger partial charge in [-0.25, -0.2) is 9.78 Å². The maximum absolute atomic E-state index is 13.8. The molecule has 0 bridgehead atoms.